The summed E-state index contributed by atoms with van der Waals surface area (Å²) in [6.45, 7) is 6.55. The van der Waals surface area contributed by atoms with Crippen LogP contribution in [0.2, 0.25) is 0 Å². The highest BCUT2D eigenvalue weighted by Crippen LogP contribution is 2.29. The lowest BCUT2D eigenvalue weighted by atomic mass is 10.0. The van der Waals surface area contributed by atoms with Crippen molar-refractivity contribution in [1.82, 2.24) is 4.98 Å². The zero-order valence-electron chi connectivity index (χ0n) is 9.51. The van der Waals surface area contributed by atoms with Crippen LogP contribution in [0.4, 0.5) is 5.13 Å². The molecule has 1 aliphatic heterocycles. The Labute approximate surface area is 98.9 Å². The normalized spacial score (nSPS) is 25.0. The van der Waals surface area contributed by atoms with Crippen molar-refractivity contribution in [3.8, 4) is 0 Å². The molecule has 0 amide bonds. The van der Waals surface area contributed by atoms with Gasteiger partial charge in [0.1, 0.15) is 0 Å². The summed E-state index contributed by atoms with van der Waals surface area (Å²) in [5.41, 5.74) is 0.666. The van der Waals surface area contributed by atoms with Crippen molar-refractivity contribution in [1.29, 1.82) is 0 Å². The van der Waals surface area contributed by atoms with E-state index >= 15 is 0 Å². The number of anilines is 1. The number of carbonyl (C=O) groups is 1. The van der Waals surface area contributed by atoms with Crippen LogP contribution in [0.1, 0.15) is 19.5 Å². The third kappa shape index (κ3) is 2.35. The second kappa shape index (κ2) is 4.41. The van der Waals surface area contributed by atoms with Crippen LogP contribution < -0.4 is 4.90 Å². The molecule has 2 atom stereocenters. The number of rotatable bonds is 3. The van der Waals surface area contributed by atoms with Crippen molar-refractivity contribution in [2.24, 2.45) is 11.8 Å². The minimum Gasteiger partial charge on any atom is -0.481 e. The number of thiazole rings is 1. The highest BCUT2D eigenvalue weighted by atomic mass is 32.1. The minimum absolute atomic E-state index is 0.0233. The van der Waals surface area contributed by atoms with Crippen LogP contribution in [0, 0.1) is 11.8 Å². The molecule has 1 aliphatic rings. The van der Waals surface area contributed by atoms with Gasteiger partial charge in [-0.1, -0.05) is 13.8 Å². The Bertz CT molecular complexity index is 381. The van der Waals surface area contributed by atoms with E-state index in [-0.39, 0.29) is 6.42 Å². The monoisotopic (exact) mass is 240 g/mol. The SMILES string of the molecule is CC1CN(c2nc(CC(=O)O)cs2)CC1C. The molecule has 5 heteroatoms. The molecule has 2 rings (SSSR count). The minimum atomic E-state index is -0.819. The largest absolute Gasteiger partial charge is 0.481 e. The average molecular weight is 240 g/mol. The highest BCUT2D eigenvalue weighted by Gasteiger charge is 2.27. The summed E-state index contributed by atoms with van der Waals surface area (Å²) in [6.07, 6.45) is 0.0233. The Balaban J connectivity index is 2.05. The van der Waals surface area contributed by atoms with Gasteiger partial charge in [0.25, 0.3) is 0 Å². The zero-order valence-corrected chi connectivity index (χ0v) is 10.3. The van der Waals surface area contributed by atoms with Crippen molar-refractivity contribution in [2.45, 2.75) is 20.3 Å². The van der Waals surface area contributed by atoms with Gasteiger partial charge in [-0.3, -0.25) is 4.79 Å². The maximum Gasteiger partial charge on any atom is 0.309 e. The predicted octanol–water partition coefficient (Wildman–Crippen LogP) is 1.86. The number of nitrogens with zero attached hydrogens (tertiary/aromatic N) is 2. The quantitative estimate of drug-likeness (QED) is 0.876. The van der Waals surface area contributed by atoms with Crippen molar-refractivity contribution in [3.63, 3.8) is 0 Å². The van der Waals surface area contributed by atoms with E-state index in [9.17, 15) is 4.79 Å². The van der Waals surface area contributed by atoms with Gasteiger partial charge in [-0.05, 0) is 11.8 Å². The third-order valence-electron chi connectivity index (χ3n) is 3.13. The van der Waals surface area contributed by atoms with Gasteiger partial charge in [0.05, 0.1) is 12.1 Å². The number of carboxylic acid groups (broad SMARTS) is 1. The second-order valence-corrected chi connectivity index (χ2v) is 5.39. The molecule has 4 nitrogen and oxygen atoms in total. The van der Waals surface area contributed by atoms with Gasteiger partial charge < -0.3 is 10.0 Å². The Kier molecular flexibility index (Phi) is 3.14. The third-order valence-corrected chi connectivity index (χ3v) is 4.08. The maximum atomic E-state index is 10.6. The number of aromatic nitrogens is 1. The molecule has 0 spiro atoms. The van der Waals surface area contributed by atoms with Gasteiger partial charge in [-0.2, -0.15) is 0 Å². The molecule has 1 saturated heterocycles. The van der Waals surface area contributed by atoms with Crippen LogP contribution >= 0.6 is 11.3 Å². The van der Waals surface area contributed by atoms with Crippen LogP contribution in [0.3, 0.4) is 0 Å². The first-order valence-corrected chi connectivity index (χ1v) is 6.35. The average Bonchev–Trinajstić information content (AvgIpc) is 2.74. The van der Waals surface area contributed by atoms with Gasteiger partial charge >= 0.3 is 5.97 Å². The molecule has 1 aromatic rings. The van der Waals surface area contributed by atoms with E-state index in [1.54, 1.807) is 11.3 Å². The Morgan fingerprint density at radius 1 is 1.56 bits per heavy atom. The summed E-state index contributed by atoms with van der Waals surface area (Å²) < 4.78 is 0. The number of hydrogen-bond donors (Lipinski definition) is 1. The van der Waals surface area contributed by atoms with Gasteiger partial charge in [-0.25, -0.2) is 4.98 Å². The zero-order chi connectivity index (χ0) is 11.7. The van der Waals surface area contributed by atoms with E-state index in [1.165, 1.54) is 0 Å². The number of aliphatic carboxylic acids is 1. The lowest BCUT2D eigenvalue weighted by Gasteiger charge is -2.13. The highest BCUT2D eigenvalue weighted by molar-refractivity contribution is 7.13. The van der Waals surface area contributed by atoms with Crippen molar-refractivity contribution in [2.75, 3.05) is 18.0 Å². The molecule has 0 radical (unpaired) electrons. The molecular weight excluding hydrogens is 224 g/mol. The number of carboxylic acids is 1. The van der Waals surface area contributed by atoms with E-state index in [1.807, 2.05) is 5.38 Å². The van der Waals surface area contributed by atoms with Crippen LogP contribution in [0.25, 0.3) is 0 Å². The maximum absolute atomic E-state index is 10.6. The van der Waals surface area contributed by atoms with E-state index in [4.69, 9.17) is 5.11 Å². The van der Waals surface area contributed by atoms with Gasteiger partial charge in [0, 0.05) is 18.5 Å². The fraction of sp³-hybridized carbons (Fsp3) is 0.636. The molecule has 1 N–H and O–H groups in total. The molecule has 88 valence electrons. The van der Waals surface area contributed by atoms with Crippen molar-refractivity contribution >= 4 is 22.4 Å². The fourth-order valence-electron chi connectivity index (χ4n) is 1.96. The molecule has 2 heterocycles. The van der Waals surface area contributed by atoms with Crippen molar-refractivity contribution < 1.29 is 9.90 Å². The summed E-state index contributed by atoms with van der Waals surface area (Å²) in [7, 11) is 0. The topological polar surface area (TPSA) is 53.4 Å². The van der Waals surface area contributed by atoms with Gasteiger partial charge in [-0.15, -0.1) is 11.3 Å². The van der Waals surface area contributed by atoms with Gasteiger partial charge in [0.2, 0.25) is 0 Å². The summed E-state index contributed by atoms with van der Waals surface area (Å²) in [5.74, 6) is 0.554. The molecule has 1 aromatic heterocycles. The summed E-state index contributed by atoms with van der Waals surface area (Å²) in [6, 6.07) is 0. The van der Waals surface area contributed by atoms with Crippen LogP contribution in [0.5, 0.6) is 0 Å². The van der Waals surface area contributed by atoms with Crippen LogP contribution in [0.15, 0.2) is 5.38 Å². The predicted molar refractivity (Wildman–Crippen MR) is 64.0 cm³/mol. The Morgan fingerprint density at radius 3 is 2.75 bits per heavy atom. The van der Waals surface area contributed by atoms with Gasteiger partial charge in [0.15, 0.2) is 5.13 Å². The Hall–Kier alpha value is -1.10. The fourth-order valence-corrected chi connectivity index (χ4v) is 2.81. The van der Waals surface area contributed by atoms with Crippen molar-refractivity contribution in [3.05, 3.63) is 11.1 Å². The van der Waals surface area contributed by atoms with E-state index in [0.717, 1.165) is 18.2 Å². The molecule has 0 bridgehead atoms. The summed E-state index contributed by atoms with van der Waals surface area (Å²) in [4.78, 5) is 17.2. The van der Waals surface area contributed by atoms with E-state index in [2.05, 4.69) is 23.7 Å². The second-order valence-electron chi connectivity index (χ2n) is 4.55. The Morgan fingerprint density at radius 2 is 2.19 bits per heavy atom. The molecule has 0 saturated carbocycles. The first-order valence-electron chi connectivity index (χ1n) is 5.47. The first kappa shape index (κ1) is 11.4. The smallest absolute Gasteiger partial charge is 0.309 e. The number of hydrogen-bond acceptors (Lipinski definition) is 4. The van der Waals surface area contributed by atoms with Crippen LogP contribution in [-0.4, -0.2) is 29.1 Å². The first-order chi connectivity index (χ1) is 7.56. The molecule has 0 aromatic carbocycles. The lowest BCUT2D eigenvalue weighted by Crippen LogP contribution is -2.19. The van der Waals surface area contributed by atoms with Crippen LogP contribution in [-0.2, 0) is 11.2 Å². The molecule has 16 heavy (non-hydrogen) atoms. The lowest BCUT2D eigenvalue weighted by molar-refractivity contribution is -0.136. The van der Waals surface area contributed by atoms with E-state index in [0.29, 0.717) is 17.5 Å². The standard InChI is InChI=1S/C11H16N2O2S/c1-7-4-13(5-8(7)2)11-12-9(6-16-11)3-10(14)15/h6-8H,3-5H2,1-2H3,(H,14,15). The molecular formula is C11H16N2O2S. The summed E-state index contributed by atoms with van der Waals surface area (Å²) in [5, 5.41) is 11.5. The molecule has 0 aliphatic carbocycles. The summed E-state index contributed by atoms with van der Waals surface area (Å²) >= 11 is 1.54. The molecule has 2 unspecified atom stereocenters. The molecule has 1 fully saturated rings. The van der Waals surface area contributed by atoms with E-state index < -0.39 is 5.97 Å².